The van der Waals surface area contributed by atoms with Crippen LogP contribution in [0.1, 0.15) is 13.8 Å². The van der Waals surface area contributed by atoms with E-state index in [1.807, 2.05) is 0 Å². The van der Waals surface area contributed by atoms with Crippen LogP contribution in [0.15, 0.2) is 5.16 Å². The summed E-state index contributed by atoms with van der Waals surface area (Å²) >= 11 is 0. The van der Waals surface area contributed by atoms with Gasteiger partial charge in [0, 0.05) is 13.6 Å². The summed E-state index contributed by atoms with van der Waals surface area (Å²) in [6.07, 6.45) is -0.594. The molecule has 1 amide bonds. The highest BCUT2D eigenvalue weighted by Gasteiger charge is 2.21. The van der Waals surface area contributed by atoms with Gasteiger partial charge in [0.1, 0.15) is 0 Å². The van der Waals surface area contributed by atoms with Gasteiger partial charge in [-0.3, -0.25) is 4.79 Å². The molecule has 0 aliphatic heterocycles. The lowest BCUT2D eigenvalue weighted by Crippen LogP contribution is -2.41. The summed E-state index contributed by atoms with van der Waals surface area (Å²) in [5.74, 6) is -1.10. The first-order valence-corrected chi connectivity index (χ1v) is 4.30. The van der Waals surface area contributed by atoms with Crippen molar-refractivity contribution < 1.29 is 15.1 Å². The van der Waals surface area contributed by atoms with Crippen molar-refractivity contribution in [3.05, 3.63) is 0 Å². The summed E-state index contributed by atoms with van der Waals surface area (Å²) in [5.41, 5.74) is 5.28. The maximum atomic E-state index is 11.5. The Bertz CT molecular complexity index is 228. The van der Waals surface area contributed by atoms with Crippen molar-refractivity contribution in [1.82, 2.24) is 4.90 Å². The van der Waals surface area contributed by atoms with E-state index >= 15 is 0 Å². The molecule has 82 valence electrons. The predicted molar refractivity (Wildman–Crippen MR) is 51.9 cm³/mol. The van der Waals surface area contributed by atoms with Gasteiger partial charge in [0.05, 0.1) is 12.0 Å². The van der Waals surface area contributed by atoms with E-state index in [1.54, 1.807) is 14.0 Å². The molecule has 0 heterocycles. The van der Waals surface area contributed by atoms with Crippen LogP contribution in [-0.4, -0.2) is 46.7 Å². The normalized spacial score (nSPS) is 16.1. The predicted octanol–water partition coefficient (Wildman–Crippen LogP) is -0.792. The number of carbonyl (C=O) groups excluding carboxylic acids is 1. The first-order valence-electron chi connectivity index (χ1n) is 4.30. The molecule has 0 bridgehead atoms. The fourth-order valence-electron chi connectivity index (χ4n) is 1.03. The van der Waals surface area contributed by atoms with E-state index in [-0.39, 0.29) is 18.3 Å². The highest BCUT2D eigenvalue weighted by Crippen LogP contribution is 2.01. The number of amidine groups is 1. The molecule has 2 atom stereocenters. The molecule has 0 aromatic rings. The van der Waals surface area contributed by atoms with Crippen LogP contribution in [0.4, 0.5) is 0 Å². The smallest absolute Gasteiger partial charge is 0.232 e. The monoisotopic (exact) mass is 203 g/mol. The number of oxime groups is 1. The number of aliphatic hydroxyl groups excluding tert-OH is 1. The number of likely N-dealkylation sites (N-methyl/N-ethyl adjacent to an activating group) is 1. The van der Waals surface area contributed by atoms with Crippen LogP contribution in [0.25, 0.3) is 0 Å². The molecule has 0 rings (SSSR count). The Morgan fingerprint density at radius 3 is 2.43 bits per heavy atom. The second kappa shape index (κ2) is 5.43. The molecular weight excluding hydrogens is 186 g/mol. The van der Waals surface area contributed by atoms with Gasteiger partial charge in [0.15, 0.2) is 5.84 Å². The van der Waals surface area contributed by atoms with Gasteiger partial charge in [0.2, 0.25) is 5.91 Å². The molecule has 0 aliphatic rings. The Morgan fingerprint density at radius 2 is 2.07 bits per heavy atom. The zero-order valence-electron chi connectivity index (χ0n) is 8.64. The minimum absolute atomic E-state index is 0.132. The number of hydrogen-bond donors (Lipinski definition) is 3. The van der Waals surface area contributed by atoms with Gasteiger partial charge in [-0.05, 0) is 13.8 Å². The summed E-state index contributed by atoms with van der Waals surface area (Å²) in [4.78, 5) is 12.9. The molecule has 6 nitrogen and oxygen atoms in total. The van der Waals surface area contributed by atoms with Crippen LogP contribution in [0.2, 0.25) is 0 Å². The highest BCUT2D eigenvalue weighted by molar-refractivity contribution is 6.01. The third-order valence-corrected chi connectivity index (χ3v) is 1.84. The van der Waals surface area contributed by atoms with Crippen molar-refractivity contribution in [2.45, 2.75) is 20.0 Å². The van der Waals surface area contributed by atoms with Gasteiger partial charge in [-0.1, -0.05) is 5.16 Å². The Balaban J connectivity index is 4.32. The van der Waals surface area contributed by atoms with E-state index in [4.69, 9.17) is 16.0 Å². The number of nitrogens with zero attached hydrogens (tertiary/aromatic N) is 2. The van der Waals surface area contributed by atoms with E-state index in [9.17, 15) is 4.79 Å². The maximum absolute atomic E-state index is 11.5. The van der Waals surface area contributed by atoms with E-state index in [1.165, 1.54) is 11.8 Å². The van der Waals surface area contributed by atoms with Gasteiger partial charge >= 0.3 is 0 Å². The molecule has 0 aliphatic carbocycles. The molecule has 6 heteroatoms. The standard InChI is InChI=1S/C8H17N3O3/c1-5(12)4-11(3)8(13)6(2)7(9)10-14/h5-6,12,14H,4H2,1-3H3,(H2,9,10). The van der Waals surface area contributed by atoms with Crippen LogP contribution in [-0.2, 0) is 4.79 Å². The largest absolute Gasteiger partial charge is 0.409 e. The van der Waals surface area contributed by atoms with Crippen LogP contribution < -0.4 is 5.73 Å². The highest BCUT2D eigenvalue weighted by atomic mass is 16.4. The van der Waals surface area contributed by atoms with Crippen molar-refractivity contribution in [3.63, 3.8) is 0 Å². The van der Waals surface area contributed by atoms with Crippen molar-refractivity contribution in [3.8, 4) is 0 Å². The second-order valence-electron chi connectivity index (χ2n) is 3.31. The van der Waals surface area contributed by atoms with Crippen molar-refractivity contribution >= 4 is 11.7 Å². The van der Waals surface area contributed by atoms with Crippen molar-refractivity contribution in [2.75, 3.05) is 13.6 Å². The SMILES string of the molecule is CC(O)CN(C)C(=O)C(C)C(N)=NO. The zero-order chi connectivity index (χ0) is 11.3. The lowest BCUT2D eigenvalue weighted by molar-refractivity contribution is -0.132. The molecule has 0 aromatic carbocycles. The Morgan fingerprint density at radius 1 is 1.57 bits per heavy atom. The summed E-state index contributed by atoms with van der Waals surface area (Å²) < 4.78 is 0. The minimum Gasteiger partial charge on any atom is -0.409 e. The third kappa shape index (κ3) is 3.61. The number of aliphatic hydroxyl groups is 1. The van der Waals surface area contributed by atoms with E-state index < -0.39 is 12.0 Å². The summed E-state index contributed by atoms with van der Waals surface area (Å²) in [5, 5.41) is 20.2. The molecule has 14 heavy (non-hydrogen) atoms. The lowest BCUT2D eigenvalue weighted by Gasteiger charge is -2.21. The Labute approximate surface area is 83.0 Å². The average molecular weight is 203 g/mol. The van der Waals surface area contributed by atoms with Crippen LogP contribution in [0.3, 0.4) is 0 Å². The first-order chi connectivity index (χ1) is 6.40. The number of carbonyl (C=O) groups is 1. The fraction of sp³-hybridized carbons (Fsp3) is 0.750. The van der Waals surface area contributed by atoms with Gasteiger partial charge in [0.25, 0.3) is 0 Å². The number of nitrogens with two attached hydrogens (primary N) is 1. The summed E-state index contributed by atoms with van der Waals surface area (Å²) in [6, 6.07) is 0. The lowest BCUT2D eigenvalue weighted by atomic mass is 10.1. The maximum Gasteiger partial charge on any atom is 0.232 e. The van der Waals surface area contributed by atoms with Gasteiger partial charge in [-0.2, -0.15) is 0 Å². The second-order valence-corrected chi connectivity index (χ2v) is 3.31. The third-order valence-electron chi connectivity index (χ3n) is 1.84. The Kier molecular flexibility index (Phi) is 4.93. The van der Waals surface area contributed by atoms with Crippen LogP contribution in [0.5, 0.6) is 0 Å². The topological polar surface area (TPSA) is 99.2 Å². The molecule has 4 N–H and O–H groups in total. The van der Waals surface area contributed by atoms with Crippen molar-refractivity contribution in [2.24, 2.45) is 16.8 Å². The molecule has 0 aromatic heterocycles. The number of amides is 1. The van der Waals surface area contributed by atoms with E-state index in [0.717, 1.165) is 0 Å². The van der Waals surface area contributed by atoms with Gasteiger partial charge in [-0.25, -0.2) is 0 Å². The minimum atomic E-state index is -0.677. The zero-order valence-corrected chi connectivity index (χ0v) is 8.64. The summed E-state index contributed by atoms with van der Waals surface area (Å²) in [7, 11) is 1.55. The van der Waals surface area contributed by atoms with Crippen LogP contribution in [0, 0.1) is 5.92 Å². The van der Waals surface area contributed by atoms with Crippen LogP contribution >= 0.6 is 0 Å². The number of hydrogen-bond acceptors (Lipinski definition) is 4. The van der Waals surface area contributed by atoms with E-state index in [2.05, 4.69) is 5.16 Å². The average Bonchev–Trinajstić information content (AvgIpc) is 2.13. The summed E-state index contributed by atoms with van der Waals surface area (Å²) in [6.45, 7) is 3.34. The molecule has 2 unspecified atom stereocenters. The molecule has 0 fully saturated rings. The molecule has 0 saturated carbocycles. The van der Waals surface area contributed by atoms with E-state index in [0.29, 0.717) is 0 Å². The molecule has 0 radical (unpaired) electrons. The number of rotatable bonds is 4. The first kappa shape index (κ1) is 12.7. The fourth-order valence-corrected chi connectivity index (χ4v) is 1.03. The van der Waals surface area contributed by atoms with Crippen molar-refractivity contribution in [1.29, 1.82) is 0 Å². The van der Waals surface area contributed by atoms with Gasteiger partial charge in [-0.15, -0.1) is 0 Å². The molecule has 0 spiro atoms. The quantitative estimate of drug-likeness (QED) is 0.241. The Hall–Kier alpha value is -1.30. The van der Waals surface area contributed by atoms with Gasteiger partial charge < -0.3 is 20.9 Å². The molecular formula is C8H17N3O3. The molecule has 0 saturated heterocycles.